The molecule has 0 saturated heterocycles. The van der Waals surface area contributed by atoms with Crippen molar-refractivity contribution < 1.29 is 0 Å². The molecule has 0 spiro atoms. The molecule has 0 aliphatic carbocycles. The zero-order chi connectivity index (χ0) is 4.41. The lowest BCUT2D eigenvalue weighted by atomic mass is 10.1. The van der Waals surface area contributed by atoms with Crippen molar-refractivity contribution in [2.75, 3.05) is 0 Å². The summed E-state index contributed by atoms with van der Waals surface area (Å²) in [4.78, 5) is 4.06. The Morgan fingerprint density at radius 2 is 2.67 bits per heavy atom. The van der Waals surface area contributed by atoms with Crippen LogP contribution < -0.4 is 0 Å². The van der Waals surface area contributed by atoms with Crippen LogP contribution in [0.5, 0.6) is 0 Å². The van der Waals surface area contributed by atoms with Crippen LogP contribution in [0.3, 0.4) is 0 Å². The van der Waals surface area contributed by atoms with E-state index in [-0.39, 0.29) is 0 Å². The lowest BCUT2D eigenvalue weighted by molar-refractivity contribution is 0.640. The van der Waals surface area contributed by atoms with Gasteiger partial charge in [-0.25, -0.2) is 0 Å². The lowest BCUT2D eigenvalue weighted by Gasteiger charge is -2.12. The highest BCUT2D eigenvalue weighted by molar-refractivity contribution is 5.64. The molecule has 0 saturated carbocycles. The second kappa shape index (κ2) is 1.41. The lowest BCUT2D eigenvalue weighted by Crippen LogP contribution is -2.11. The highest BCUT2D eigenvalue weighted by Gasteiger charge is 2.05. The van der Waals surface area contributed by atoms with E-state index in [9.17, 15) is 0 Å². The Labute approximate surface area is 38.1 Å². The molecule has 0 aromatic rings. The minimum absolute atomic E-state index is 0.685. The molecule has 0 aromatic heterocycles. The summed E-state index contributed by atoms with van der Waals surface area (Å²) in [6.07, 6.45) is 4.42. The molecule has 0 fully saturated rings. The number of nitrogens with zero attached hydrogens (tertiary/aromatic N) is 1. The smallest absolute Gasteiger partial charge is 0.0542 e. The Balaban J connectivity index is 2.21. The summed E-state index contributed by atoms with van der Waals surface area (Å²) in [5.41, 5.74) is 0. The molecule has 6 heavy (non-hydrogen) atoms. The molecule has 0 N–H and O–H groups in total. The van der Waals surface area contributed by atoms with Crippen LogP contribution in [-0.2, 0) is 0 Å². The Bertz CT molecular complexity index is 66.3. The van der Waals surface area contributed by atoms with Gasteiger partial charge in [0.2, 0.25) is 0 Å². The minimum atomic E-state index is 0.685. The van der Waals surface area contributed by atoms with Crippen LogP contribution in [0.4, 0.5) is 0 Å². The van der Waals surface area contributed by atoms with Crippen molar-refractivity contribution >= 4 is 6.21 Å². The fourth-order valence-electron chi connectivity index (χ4n) is 0.527. The van der Waals surface area contributed by atoms with Crippen molar-refractivity contribution in [3.05, 3.63) is 0 Å². The van der Waals surface area contributed by atoms with Gasteiger partial charge in [-0.15, -0.1) is 0 Å². The van der Waals surface area contributed by atoms with E-state index in [1.54, 1.807) is 0 Å². The third-order valence-electron chi connectivity index (χ3n) is 1.16. The van der Waals surface area contributed by atoms with Crippen LogP contribution in [0, 0.1) is 0 Å². The quantitative estimate of drug-likeness (QED) is 0.452. The summed E-state index contributed by atoms with van der Waals surface area (Å²) in [7, 11) is 0. The van der Waals surface area contributed by atoms with Crippen LogP contribution in [0.1, 0.15) is 19.8 Å². The molecule has 0 radical (unpaired) electrons. The molecule has 1 heterocycles. The monoisotopic (exact) mass is 83.1 g/mol. The Hall–Kier alpha value is -0.330. The van der Waals surface area contributed by atoms with Crippen LogP contribution in [0.25, 0.3) is 0 Å². The van der Waals surface area contributed by atoms with Gasteiger partial charge in [-0.1, -0.05) is 6.92 Å². The summed E-state index contributed by atoms with van der Waals surface area (Å²) < 4.78 is 0. The largest absolute Gasteiger partial charge is 0.294 e. The van der Waals surface area contributed by atoms with Crippen LogP contribution in [0.2, 0.25) is 0 Å². The van der Waals surface area contributed by atoms with E-state index < -0.39 is 0 Å². The molecule has 34 valence electrons. The molecule has 1 nitrogen and oxygen atoms in total. The fourth-order valence-corrected chi connectivity index (χ4v) is 0.527. The predicted molar refractivity (Wildman–Crippen MR) is 27.2 cm³/mol. The van der Waals surface area contributed by atoms with Crippen molar-refractivity contribution in [1.29, 1.82) is 0 Å². The van der Waals surface area contributed by atoms with Gasteiger partial charge in [0.15, 0.2) is 0 Å². The minimum Gasteiger partial charge on any atom is -0.294 e. The number of hydrogen-bond acceptors (Lipinski definition) is 1. The van der Waals surface area contributed by atoms with E-state index in [1.165, 1.54) is 12.8 Å². The van der Waals surface area contributed by atoms with E-state index in [1.807, 2.05) is 6.21 Å². The zero-order valence-electron chi connectivity index (χ0n) is 4.02. The summed E-state index contributed by atoms with van der Waals surface area (Å²) in [5, 5.41) is 0. The molecule has 1 atom stereocenters. The molecule has 1 heteroatoms. The average Bonchev–Trinajstić information content (AvgIpc) is 1.31. The second-order valence-corrected chi connectivity index (χ2v) is 1.63. The van der Waals surface area contributed by atoms with Crippen LogP contribution >= 0.6 is 0 Å². The van der Waals surface area contributed by atoms with Crippen LogP contribution in [-0.4, -0.2) is 12.3 Å². The standard InChI is InChI=1S/C5H9N/c1-2-5-3-4-6-5/h4-5H,2-3H2,1H3. The first-order chi connectivity index (χ1) is 2.93. The normalized spacial score (nSPS) is 29.8. The molecule has 1 unspecified atom stereocenters. The Morgan fingerprint density at radius 3 is 2.67 bits per heavy atom. The first-order valence-electron chi connectivity index (χ1n) is 2.45. The number of rotatable bonds is 1. The summed E-state index contributed by atoms with van der Waals surface area (Å²) in [6.45, 7) is 2.17. The highest BCUT2D eigenvalue weighted by Crippen LogP contribution is 2.07. The molecule has 1 aliphatic heterocycles. The molecule has 1 rings (SSSR count). The van der Waals surface area contributed by atoms with Gasteiger partial charge in [0.25, 0.3) is 0 Å². The molecule has 0 bridgehead atoms. The predicted octanol–water partition coefficient (Wildman–Crippen LogP) is 1.24. The number of aliphatic imine (C=N–C) groups is 1. The molecular formula is C5H9N. The van der Waals surface area contributed by atoms with Gasteiger partial charge in [0.05, 0.1) is 6.04 Å². The van der Waals surface area contributed by atoms with Gasteiger partial charge in [-0.3, -0.25) is 4.99 Å². The third-order valence-corrected chi connectivity index (χ3v) is 1.16. The summed E-state index contributed by atoms with van der Waals surface area (Å²) in [5.74, 6) is 0. The van der Waals surface area contributed by atoms with Crippen molar-refractivity contribution in [2.45, 2.75) is 25.8 Å². The SMILES string of the molecule is CCC1CC=N1. The molecule has 0 amide bonds. The van der Waals surface area contributed by atoms with Crippen molar-refractivity contribution in [1.82, 2.24) is 0 Å². The van der Waals surface area contributed by atoms with Gasteiger partial charge in [-0.2, -0.15) is 0 Å². The molecular weight excluding hydrogens is 74.1 g/mol. The van der Waals surface area contributed by atoms with Crippen LogP contribution in [0.15, 0.2) is 4.99 Å². The van der Waals surface area contributed by atoms with Crippen molar-refractivity contribution in [3.8, 4) is 0 Å². The van der Waals surface area contributed by atoms with E-state index in [0.29, 0.717) is 6.04 Å². The first-order valence-corrected chi connectivity index (χ1v) is 2.45. The summed E-state index contributed by atoms with van der Waals surface area (Å²) in [6, 6.07) is 0.685. The fraction of sp³-hybridized carbons (Fsp3) is 0.800. The van der Waals surface area contributed by atoms with Gasteiger partial charge in [-0.05, 0) is 6.42 Å². The van der Waals surface area contributed by atoms with E-state index >= 15 is 0 Å². The number of hydrogen-bond donors (Lipinski definition) is 0. The zero-order valence-corrected chi connectivity index (χ0v) is 4.02. The molecule has 0 aromatic carbocycles. The van der Waals surface area contributed by atoms with Gasteiger partial charge >= 0.3 is 0 Å². The highest BCUT2D eigenvalue weighted by atomic mass is 14.8. The third kappa shape index (κ3) is 0.445. The second-order valence-electron chi connectivity index (χ2n) is 1.63. The Morgan fingerprint density at radius 1 is 2.00 bits per heavy atom. The van der Waals surface area contributed by atoms with E-state index in [4.69, 9.17) is 0 Å². The topological polar surface area (TPSA) is 12.4 Å². The average molecular weight is 83.1 g/mol. The summed E-state index contributed by atoms with van der Waals surface area (Å²) >= 11 is 0. The van der Waals surface area contributed by atoms with E-state index in [2.05, 4.69) is 11.9 Å². The van der Waals surface area contributed by atoms with Gasteiger partial charge in [0, 0.05) is 12.6 Å². The maximum atomic E-state index is 4.06. The van der Waals surface area contributed by atoms with E-state index in [0.717, 1.165) is 0 Å². The maximum absolute atomic E-state index is 4.06. The molecule has 1 aliphatic rings. The first kappa shape index (κ1) is 3.85. The van der Waals surface area contributed by atoms with Gasteiger partial charge < -0.3 is 0 Å². The maximum Gasteiger partial charge on any atom is 0.0542 e. The van der Waals surface area contributed by atoms with Gasteiger partial charge in [0.1, 0.15) is 0 Å². The van der Waals surface area contributed by atoms with Crippen molar-refractivity contribution in [3.63, 3.8) is 0 Å². The Kier molecular flexibility index (Phi) is 0.906. The van der Waals surface area contributed by atoms with Crippen molar-refractivity contribution in [2.24, 2.45) is 4.99 Å².